The molecule has 138 valence electrons. The number of carbonyl (C=O) groups is 2. The fourth-order valence-electron chi connectivity index (χ4n) is 3.60. The number of piperidine rings is 1. The second-order valence-electron chi connectivity index (χ2n) is 6.84. The molecule has 1 saturated heterocycles. The van der Waals surface area contributed by atoms with Crippen molar-refractivity contribution in [3.63, 3.8) is 0 Å². The van der Waals surface area contributed by atoms with Gasteiger partial charge in [-0.05, 0) is 31.0 Å². The van der Waals surface area contributed by atoms with Crippen molar-refractivity contribution in [2.75, 3.05) is 13.1 Å². The minimum Gasteiger partial charge on any atom is -0.480 e. The summed E-state index contributed by atoms with van der Waals surface area (Å²) >= 11 is 0. The van der Waals surface area contributed by atoms with Crippen molar-refractivity contribution in [2.24, 2.45) is 0 Å². The molecule has 0 spiro atoms. The predicted octanol–water partition coefficient (Wildman–Crippen LogP) is 2.54. The average Bonchev–Trinajstić information content (AvgIpc) is 3.15. The molecule has 1 atom stereocenters. The highest BCUT2D eigenvalue weighted by Crippen LogP contribution is 2.27. The number of hydrogen-bond donors (Lipinski definition) is 1. The number of carbonyl (C=O) groups excluding carboxylic acids is 1. The summed E-state index contributed by atoms with van der Waals surface area (Å²) in [5.74, 6) is -0.831. The first-order valence-electron chi connectivity index (χ1n) is 8.99. The molecule has 1 amide bonds. The van der Waals surface area contributed by atoms with Gasteiger partial charge in [0.05, 0.1) is 16.8 Å². The maximum Gasteiger partial charge on any atom is 0.325 e. The standard InChI is InChI=1S/C20H20N4O3/c25-19(26)13-24-9-7-18(22-24)15-5-3-8-23(12-15)20(27)16-10-14-4-1-2-6-17(14)21-11-16/h1-2,4,6-7,9-11,15H,3,5,8,12-13H2,(H,25,26)/t15-/m1/s1. The molecule has 3 heterocycles. The first-order chi connectivity index (χ1) is 13.1. The Hall–Kier alpha value is -3.22. The summed E-state index contributed by atoms with van der Waals surface area (Å²) in [6, 6.07) is 11.5. The van der Waals surface area contributed by atoms with Gasteiger partial charge in [-0.15, -0.1) is 0 Å². The molecule has 1 aliphatic heterocycles. The summed E-state index contributed by atoms with van der Waals surface area (Å²) in [6.07, 6.45) is 5.14. The van der Waals surface area contributed by atoms with E-state index in [1.54, 1.807) is 12.4 Å². The van der Waals surface area contributed by atoms with Crippen LogP contribution in [0.3, 0.4) is 0 Å². The van der Waals surface area contributed by atoms with Gasteiger partial charge in [0, 0.05) is 36.8 Å². The first-order valence-corrected chi connectivity index (χ1v) is 8.99. The lowest BCUT2D eigenvalue weighted by molar-refractivity contribution is -0.137. The van der Waals surface area contributed by atoms with E-state index in [-0.39, 0.29) is 18.4 Å². The van der Waals surface area contributed by atoms with Gasteiger partial charge < -0.3 is 10.0 Å². The third kappa shape index (κ3) is 3.67. The maximum atomic E-state index is 13.0. The summed E-state index contributed by atoms with van der Waals surface area (Å²) < 4.78 is 1.42. The lowest BCUT2D eigenvalue weighted by Crippen LogP contribution is -2.39. The quantitative estimate of drug-likeness (QED) is 0.768. The number of para-hydroxylation sites is 1. The maximum absolute atomic E-state index is 13.0. The molecule has 1 aliphatic rings. The molecule has 2 aromatic heterocycles. The zero-order valence-electron chi connectivity index (χ0n) is 14.8. The van der Waals surface area contributed by atoms with Gasteiger partial charge >= 0.3 is 5.97 Å². The van der Waals surface area contributed by atoms with E-state index in [0.717, 1.165) is 29.4 Å². The minimum absolute atomic E-state index is 0.0251. The third-order valence-electron chi connectivity index (χ3n) is 4.92. The van der Waals surface area contributed by atoms with E-state index in [1.807, 2.05) is 41.3 Å². The highest BCUT2D eigenvalue weighted by Gasteiger charge is 2.27. The van der Waals surface area contributed by atoms with Crippen molar-refractivity contribution in [3.05, 3.63) is 60.0 Å². The van der Waals surface area contributed by atoms with E-state index in [4.69, 9.17) is 5.11 Å². The average molecular weight is 364 g/mol. The van der Waals surface area contributed by atoms with Crippen LogP contribution in [0, 0.1) is 0 Å². The summed E-state index contributed by atoms with van der Waals surface area (Å²) in [7, 11) is 0. The van der Waals surface area contributed by atoms with Crippen molar-refractivity contribution in [1.82, 2.24) is 19.7 Å². The van der Waals surface area contributed by atoms with E-state index in [9.17, 15) is 9.59 Å². The molecule has 27 heavy (non-hydrogen) atoms. The number of likely N-dealkylation sites (tertiary alicyclic amines) is 1. The predicted molar refractivity (Wildman–Crippen MR) is 99.5 cm³/mol. The third-order valence-corrected chi connectivity index (χ3v) is 4.92. The Balaban J connectivity index is 1.50. The lowest BCUT2D eigenvalue weighted by Gasteiger charge is -2.32. The Morgan fingerprint density at radius 3 is 2.93 bits per heavy atom. The highest BCUT2D eigenvalue weighted by molar-refractivity contribution is 5.97. The SMILES string of the molecule is O=C(O)Cn1ccc([C@@H]2CCCN(C(=O)c3cnc4ccccc4c3)C2)n1. The number of benzene rings is 1. The van der Waals surface area contributed by atoms with Gasteiger partial charge in [0.2, 0.25) is 0 Å². The Morgan fingerprint density at radius 1 is 1.22 bits per heavy atom. The molecule has 1 N–H and O–H groups in total. The van der Waals surface area contributed by atoms with Crippen LogP contribution >= 0.6 is 0 Å². The number of aromatic nitrogens is 3. The van der Waals surface area contributed by atoms with Crippen LogP contribution < -0.4 is 0 Å². The Kier molecular flexibility index (Phi) is 4.58. The largest absolute Gasteiger partial charge is 0.480 e. The van der Waals surface area contributed by atoms with Crippen LogP contribution in [-0.2, 0) is 11.3 Å². The van der Waals surface area contributed by atoms with E-state index >= 15 is 0 Å². The number of carboxylic acids is 1. The molecule has 0 bridgehead atoms. The molecule has 0 unspecified atom stereocenters. The smallest absolute Gasteiger partial charge is 0.325 e. The summed E-state index contributed by atoms with van der Waals surface area (Å²) in [6.45, 7) is 1.13. The van der Waals surface area contributed by atoms with Gasteiger partial charge in [-0.1, -0.05) is 18.2 Å². The van der Waals surface area contributed by atoms with Crippen molar-refractivity contribution < 1.29 is 14.7 Å². The van der Waals surface area contributed by atoms with E-state index in [2.05, 4.69) is 10.1 Å². The van der Waals surface area contributed by atoms with Crippen LogP contribution in [0.1, 0.15) is 34.8 Å². The molecule has 1 fully saturated rings. The molecule has 3 aromatic rings. The Morgan fingerprint density at radius 2 is 2.07 bits per heavy atom. The Bertz CT molecular complexity index is 998. The topological polar surface area (TPSA) is 88.3 Å². The second kappa shape index (κ2) is 7.19. The van der Waals surface area contributed by atoms with Crippen molar-refractivity contribution in [3.8, 4) is 0 Å². The number of pyridine rings is 1. The van der Waals surface area contributed by atoms with Crippen LogP contribution in [0.5, 0.6) is 0 Å². The van der Waals surface area contributed by atoms with E-state index in [1.165, 1.54) is 4.68 Å². The van der Waals surface area contributed by atoms with Gasteiger partial charge in [-0.3, -0.25) is 19.3 Å². The summed E-state index contributed by atoms with van der Waals surface area (Å²) in [5.41, 5.74) is 2.30. The minimum atomic E-state index is -0.922. The van der Waals surface area contributed by atoms with Crippen LogP contribution in [0.25, 0.3) is 10.9 Å². The lowest BCUT2D eigenvalue weighted by atomic mass is 9.94. The molecule has 7 nitrogen and oxygen atoms in total. The molecule has 0 aliphatic carbocycles. The van der Waals surface area contributed by atoms with Gasteiger partial charge in [0.15, 0.2) is 0 Å². The fraction of sp³-hybridized carbons (Fsp3) is 0.300. The van der Waals surface area contributed by atoms with Gasteiger partial charge in [-0.2, -0.15) is 5.10 Å². The van der Waals surface area contributed by atoms with Gasteiger partial charge in [-0.25, -0.2) is 0 Å². The van der Waals surface area contributed by atoms with Gasteiger partial charge in [0.1, 0.15) is 6.54 Å². The fourth-order valence-corrected chi connectivity index (χ4v) is 3.60. The van der Waals surface area contributed by atoms with Crippen molar-refractivity contribution in [2.45, 2.75) is 25.3 Å². The summed E-state index contributed by atoms with van der Waals surface area (Å²) in [5, 5.41) is 14.2. The first kappa shape index (κ1) is 17.2. The second-order valence-corrected chi connectivity index (χ2v) is 6.84. The van der Waals surface area contributed by atoms with Gasteiger partial charge in [0.25, 0.3) is 5.91 Å². The molecule has 1 aromatic carbocycles. The highest BCUT2D eigenvalue weighted by atomic mass is 16.4. The van der Waals surface area contributed by atoms with E-state index in [0.29, 0.717) is 18.7 Å². The van der Waals surface area contributed by atoms with Crippen LogP contribution in [0.2, 0.25) is 0 Å². The molecule has 4 rings (SSSR count). The Labute approximate surface area is 156 Å². The zero-order chi connectivity index (χ0) is 18.8. The number of fused-ring (bicyclic) bond motifs is 1. The van der Waals surface area contributed by atoms with Crippen LogP contribution in [0.15, 0.2) is 48.8 Å². The molecular weight excluding hydrogens is 344 g/mol. The van der Waals surface area contributed by atoms with Crippen LogP contribution in [-0.4, -0.2) is 49.7 Å². The molecule has 0 saturated carbocycles. The zero-order valence-corrected chi connectivity index (χ0v) is 14.8. The molecule has 0 radical (unpaired) electrons. The molecular formula is C20H20N4O3. The van der Waals surface area contributed by atoms with Crippen LogP contribution in [0.4, 0.5) is 0 Å². The monoisotopic (exact) mass is 364 g/mol. The number of amides is 1. The van der Waals surface area contributed by atoms with Crippen molar-refractivity contribution in [1.29, 1.82) is 0 Å². The number of aliphatic carboxylic acids is 1. The normalized spacial score (nSPS) is 17.2. The number of carboxylic acid groups (broad SMARTS) is 1. The number of hydrogen-bond acceptors (Lipinski definition) is 4. The number of nitrogens with zero attached hydrogens (tertiary/aromatic N) is 4. The summed E-state index contributed by atoms with van der Waals surface area (Å²) in [4.78, 5) is 30.0. The molecule has 7 heteroatoms. The number of rotatable bonds is 4. The van der Waals surface area contributed by atoms with E-state index < -0.39 is 5.97 Å². The van der Waals surface area contributed by atoms with Crippen molar-refractivity contribution >= 4 is 22.8 Å².